The fourth-order valence-electron chi connectivity index (χ4n) is 2.19. The Bertz CT molecular complexity index is 627. The van der Waals surface area contributed by atoms with E-state index in [0.29, 0.717) is 28.5 Å². The summed E-state index contributed by atoms with van der Waals surface area (Å²) in [7, 11) is 0. The van der Waals surface area contributed by atoms with Crippen molar-refractivity contribution in [2.45, 2.75) is 32.9 Å². The Morgan fingerprint density at radius 3 is 2.85 bits per heavy atom. The lowest BCUT2D eigenvalue weighted by molar-refractivity contribution is 0.176. The Labute approximate surface area is 122 Å². The van der Waals surface area contributed by atoms with E-state index in [0.717, 1.165) is 5.69 Å². The third kappa shape index (κ3) is 2.78. The topological polar surface area (TPSA) is 64.1 Å². The van der Waals surface area contributed by atoms with Gasteiger partial charge in [-0.05, 0) is 32.0 Å². The minimum absolute atomic E-state index is 0.237. The summed E-state index contributed by atoms with van der Waals surface area (Å²) in [5.41, 5.74) is 7.93. The van der Waals surface area contributed by atoms with Crippen LogP contribution in [-0.2, 0) is 13.0 Å². The molecule has 0 saturated carbocycles. The maximum Gasteiger partial charge on any atom is 0.123 e. The van der Waals surface area contributed by atoms with Crippen molar-refractivity contribution in [3.8, 4) is 0 Å². The largest absolute Gasteiger partial charge is 0.398 e. The number of benzene rings is 1. The number of nitrogen functional groups attached to an aromatic ring is 1. The molecular weight excluding hydrogens is 281 g/mol. The predicted octanol–water partition coefficient (Wildman–Crippen LogP) is 2.86. The summed E-state index contributed by atoms with van der Waals surface area (Å²) >= 11 is 6.20. The van der Waals surface area contributed by atoms with E-state index in [2.05, 4.69) is 5.10 Å². The number of rotatable bonds is 4. The highest BCUT2D eigenvalue weighted by Gasteiger charge is 2.19. The highest BCUT2D eigenvalue weighted by molar-refractivity contribution is 6.31. The number of aromatic nitrogens is 2. The van der Waals surface area contributed by atoms with Gasteiger partial charge in [0.1, 0.15) is 5.82 Å². The van der Waals surface area contributed by atoms with Crippen LogP contribution in [0.3, 0.4) is 0 Å². The summed E-state index contributed by atoms with van der Waals surface area (Å²) < 4.78 is 15.0. The zero-order chi connectivity index (χ0) is 14.9. The second kappa shape index (κ2) is 5.81. The van der Waals surface area contributed by atoms with Gasteiger partial charge in [-0.15, -0.1) is 0 Å². The molecule has 1 atom stereocenters. The summed E-state index contributed by atoms with van der Waals surface area (Å²) in [5.74, 6) is -0.431. The molecule has 4 nitrogen and oxygen atoms in total. The Morgan fingerprint density at radius 1 is 1.50 bits per heavy atom. The Kier molecular flexibility index (Phi) is 4.30. The second-order valence-corrected chi connectivity index (χ2v) is 5.03. The first-order chi connectivity index (χ1) is 9.43. The smallest absolute Gasteiger partial charge is 0.123 e. The van der Waals surface area contributed by atoms with Crippen LogP contribution in [0.4, 0.5) is 10.1 Å². The third-order valence-electron chi connectivity index (χ3n) is 3.25. The monoisotopic (exact) mass is 297 g/mol. The predicted molar refractivity (Wildman–Crippen MR) is 77.1 cm³/mol. The summed E-state index contributed by atoms with van der Waals surface area (Å²) in [6, 6.07) is 3.95. The number of halogens is 2. The van der Waals surface area contributed by atoms with Gasteiger partial charge in [-0.3, -0.25) is 4.68 Å². The quantitative estimate of drug-likeness (QED) is 0.853. The zero-order valence-electron chi connectivity index (χ0n) is 11.4. The molecule has 0 amide bonds. The molecule has 1 unspecified atom stereocenters. The van der Waals surface area contributed by atoms with Crippen LogP contribution in [0.5, 0.6) is 0 Å². The van der Waals surface area contributed by atoms with Crippen LogP contribution >= 0.6 is 11.6 Å². The van der Waals surface area contributed by atoms with Gasteiger partial charge in [0.2, 0.25) is 0 Å². The van der Waals surface area contributed by atoms with E-state index in [-0.39, 0.29) is 6.42 Å². The molecule has 0 aliphatic heterocycles. The summed E-state index contributed by atoms with van der Waals surface area (Å²) in [6.45, 7) is 4.39. The molecule has 0 radical (unpaired) electrons. The van der Waals surface area contributed by atoms with Crippen LogP contribution in [0.15, 0.2) is 18.2 Å². The maximum absolute atomic E-state index is 13.3. The van der Waals surface area contributed by atoms with Crippen molar-refractivity contribution < 1.29 is 9.50 Å². The van der Waals surface area contributed by atoms with Crippen molar-refractivity contribution in [1.29, 1.82) is 0 Å². The zero-order valence-corrected chi connectivity index (χ0v) is 12.2. The van der Waals surface area contributed by atoms with Crippen molar-refractivity contribution in [1.82, 2.24) is 9.78 Å². The van der Waals surface area contributed by atoms with Gasteiger partial charge in [-0.2, -0.15) is 5.10 Å². The van der Waals surface area contributed by atoms with Crippen molar-refractivity contribution in [3.63, 3.8) is 0 Å². The maximum atomic E-state index is 13.3. The molecule has 20 heavy (non-hydrogen) atoms. The normalized spacial score (nSPS) is 12.7. The number of aliphatic hydroxyl groups is 1. The van der Waals surface area contributed by atoms with Gasteiger partial charge < -0.3 is 10.8 Å². The Morgan fingerprint density at radius 2 is 2.20 bits per heavy atom. The number of aryl methyl sites for hydroxylation is 2. The van der Waals surface area contributed by atoms with Gasteiger partial charge in [-0.25, -0.2) is 4.39 Å². The third-order valence-corrected chi connectivity index (χ3v) is 3.74. The van der Waals surface area contributed by atoms with E-state index >= 15 is 0 Å². The molecule has 2 rings (SSSR count). The van der Waals surface area contributed by atoms with Gasteiger partial charge in [0.25, 0.3) is 0 Å². The second-order valence-electron chi connectivity index (χ2n) is 4.66. The highest BCUT2D eigenvalue weighted by atomic mass is 35.5. The van der Waals surface area contributed by atoms with Crippen LogP contribution in [0.25, 0.3) is 0 Å². The minimum Gasteiger partial charge on any atom is -0.398 e. The fraction of sp³-hybridized carbons (Fsp3) is 0.357. The molecular formula is C14H17ClFN3O. The number of nitrogens with zero attached hydrogens (tertiary/aromatic N) is 2. The molecule has 0 spiro atoms. The fourth-order valence-corrected chi connectivity index (χ4v) is 2.40. The summed E-state index contributed by atoms with van der Waals surface area (Å²) in [4.78, 5) is 0. The molecule has 2 aromatic rings. The van der Waals surface area contributed by atoms with Gasteiger partial charge in [0.05, 0.1) is 22.5 Å². The van der Waals surface area contributed by atoms with Crippen molar-refractivity contribution in [2.75, 3.05) is 5.73 Å². The first-order valence-electron chi connectivity index (χ1n) is 6.38. The number of hydrogen-bond donors (Lipinski definition) is 2. The Balaban J connectivity index is 2.32. The average molecular weight is 298 g/mol. The SMILES string of the molecule is CCn1nc(C)c(Cl)c1CC(O)c1cc(F)ccc1N. The molecule has 0 bridgehead atoms. The molecule has 3 N–H and O–H groups in total. The molecule has 1 aromatic carbocycles. The van der Waals surface area contributed by atoms with Gasteiger partial charge in [0, 0.05) is 24.2 Å². The molecule has 1 heterocycles. The van der Waals surface area contributed by atoms with Crippen LogP contribution in [0, 0.1) is 12.7 Å². The highest BCUT2D eigenvalue weighted by Crippen LogP contribution is 2.29. The van der Waals surface area contributed by atoms with Crippen molar-refractivity contribution in [3.05, 3.63) is 46.0 Å². The average Bonchev–Trinajstić information content (AvgIpc) is 2.69. The van der Waals surface area contributed by atoms with E-state index in [4.69, 9.17) is 17.3 Å². The molecule has 0 fully saturated rings. The summed E-state index contributed by atoms with van der Waals surface area (Å²) in [6.07, 6.45) is -0.689. The van der Waals surface area contributed by atoms with E-state index in [1.807, 2.05) is 6.92 Å². The van der Waals surface area contributed by atoms with Crippen LogP contribution < -0.4 is 5.73 Å². The number of hydrogen-bond acceptors (Lipinski definition) is 3. The lowest BCUT2D eigenvalue weighted by atomic mass is 10.0. The van der Waals surface area contributed by atoms with E-state index < -0.39 is 11.9 Å². The lowest BCUT2D eigenvalue weighted by Crippen LogP contribution is -2.10. The van der Waals surface area contributed by atoms with Gasteiger partial charge in [0.15, 0.2) is 0 Å². The molecule has 0 saturated heterocycles. The molecule has 0 aliphatic carbocycles. The van der Waals surface area contributed by atoms with Crippen molar-refractivity contribution >= 4 is 17.3 Å². The molecule has 108 valence electrons. The van der Waals surface area contributed by atoms with Crippen LogP contribution in [0.1, 0.15) is 30.0 Å². The van der Waals surface area contributed by atoms with Crippen molar-refractivity contribution in [2.24, 2.45) is 0 Å². The van der Waals surface area contributed by atoms with Gasteiger partial charge >= 0.3 is 0 Å². The first-order valence-corrected chi connectivity index (χ1v) is 6.76. The molecule has 0 aliphatic rings. The summed E-state index contributed by atoms with van der Waals surface area (Å²) in [5, 5.41) is 15.1. The van der Waals surface area contributed by atoms with Crippen LogP contribution in [-0.4, -0.2) is 14.9 Å². The van der Waals surface area contributed by atoms with Gasteiger partial charge in [-0.1, -0.05) is 11.6 Å². The first kappa shape index (κ1) is 14.8. The van der Waals surface area contributed by atoms with Crippen LogP contribution in [0.2, 0.25) is 5.02 Å². The standard InChI is InChI=1S/C14H17ClFN3O/c1-3-19-12(14(15)8(2)18-19)7-13(20)10-6-9(16)4-5-11(10)17/h4-6,13,20H,3,7,17H2,1-2H3. The van der Waals surface area contributed by atoms with E-state index in [1.54, 1.807) is 11.6 Å². The number of aliphatic hydroxyl groups excluding tert-OH is 1. The molecule has 6 heteroatoms. The number of nitrogens with two attached hydrogens (primary N) is 1. The Hall–Kier alpha value is -1.59. The van der Waals surface area contributed by atoms with E-state index in [9.17, 15) is 9.50 Å². The lowest BCUT2D eigenvalue weighted by Gasteiger charge is -2.14. The molecule has 1 aromatic heterocycles. The van der Waals surface area contributed by atoms with E-state index in [1.165, 1.54) is 18.2 Å². The minimum atomic E-state index is -0.926. The number of anilines is 1.